The predicted molar refractivity (Wildman–Crippen MR) is 91.4 cm³/mol. The highest BCUT2D eigenvalue weighted by Crippen LogP contribution is 2.26. The van der Waals surface area contributed by atoms with Gasteiger partial charge in [0.25, 0.3) is 0 Å². The van der Waals surface area contributed by atoms with Gasteiger partial charge in [-0.15, -0.1) is 12.4 Å². The molecule has 1 aliphatic heterocycles. The van der Waals surface area contributed by atoms with E-state index in [-0.39, 0.29) is 18.3 Å². The van der Waals surface area contributed by atoms with E-state index in [4.69, 9.17) is 15.2 Å². The number of halogens is 2. The molecule has 0 saturated carbocycles. The first-order valence-corrected chi connectivity index (χ1v) is 7.70. The number of amides is 1. The minimum absolute atomic E-state index is 0. The molecule has 7 heteroatoms. The summed E-state index contributed by atoms with van der Waals surface area (Å²) in [6.07, 6.45) is 1.12. The molecule has 0 aromatic heterocycles. The fourth-order valence-corrected chi connectivity index (χ4v) is 2.94. The van der Waals surface area contributed by atoms with Crippen LogP contribution in [0.5, 0.6) is 5.75 Å². The van der Waals surface area contributed by atoms with Crippen LogP contribution in [0.2, 0.25) is 0 Å². The maximum Gasteiger partial charge on any atom is 0.242 e. The molecule has 0 spiro atoms. The van der Waals surface area contributed by atoms with E-state index in [1.807, 2.05) is 18.2 Å². The standard InChI is InChI=1S/C15H21BrN2O3.ClH/c1-18(14(19)15(17)5-7-21-8-6-15)10-11-9-12(16)3-4-13(11)20-2;/h3-4,9H,5-8,10,17H2,1-2H3;1H. The van der Waals surface area contributed by atoms with Gasteiger partial charge >= 0.3 is 0 Å². The second kappa shape index (κ2) is 8.15. The molecule has 0 unspecified atom stereocenters. The summed E-state index contributed by atoms with van der Waals surface area (Å²) in [5, 5.41) is 0. The molecule has 5 nitrogen and oxygen atoms in total. The van der Waals surface area contributed by atoms with E-state index in [9.17, 15) is 4.79 Å². The number of carbonyl (C=O) groups is 1. The van der Waals surface area contributed by atoms with Gasteiger partial charge in [0.15, 0.2) is 0 Å². The highest BCUT2D eigenvalue weighted by Gasteiger charge is 2.38. The molecule has 0 atom stereocenters. The number of nitrogens with zero attached hydrogens (tertiary/aromatic N) is 1. The fourth-order valence-electron chi connectivity index (χ4n) is 2.53. The van der Waals surface area contributed by atoms with Gasteiger partial charge in [0.2, 0.25) is 5.91 Å². The van der Waals surface area contributed by atoms with Crippen molar-refractivity contribution in [1.82, 2.24) is 4.90 Å². The molecule has 1 amide bonds. The summed E-state index contributed by atoms with van der Waals surface area (Å²) in [5.74, 6) is 0.712. The topological polar surface area (TPSA) is 64.8 Å². The van der Waals surface area contributed by atoms with Crippen molar-refractivity contribution < 1.29 is 14.3 Å². The van der Waals surface area contributed by atoms with E-state index in [0.717, 1.165) is 15.8 Å². The second-order valence-corrected chi connectivity index (χ2v) is 6.30. The van der Waals surface area contributed by atoms with Gasteiger partial charge in [0.1, 0.15) is 5.75 Å². The van der Waals surface area contributed by atoms with Crippen LogP contribution < -0.4 is 10.5 Å². The van der Waals surface area contributed by atoms with Crippen LogP contribution in [0.15, 0.2) is 22.7 Å². The molecule has 2 N–H and O–H groups in total. The van der Waals surface area contributed by atoms with Gasteiger partial charge in [-0.3, -0.25) is 4.79 Å². The Hall–Kier alpha value is -0.820. The van der Waals surface area contributed by atoms with Gasteiger partial charge in [-0.25, -0.2) is 0 Å². The zero-order valence-corrected chi connectivity index (χ0v) is 15.2. The Kier molecular flexibility index (Phi) is 7.12. The highest BCUT2D eigenvalue weighted by atomic mass is 79.9. The van der Waals surface area contributed by atoms with Crippen molar-refractivity contribution in [2.24, 2.45) is 5.73 Å². The van der Waals surface area contributed by atoms with Gasteiger partial charge in [-0.05, 0) is 31.0 Å². The van der Waals surface area contributed by atoms with Gasteiger partial charge < -0.3 is 20.1 Å². The normalized spacial score (nSPS) is 16.5. The Morgan fingerprint density at radius 1 is 1.45 bits per heavy atom. The van der Waals surface area contributed by atoms with E-state index >= 15 is 0 Å². The zero-order chi connectivity index (χ0) is 15.5. The third-order valence-electron chi connectivity index (χ3n) is 3.81. The van der Waals surface area contributed by atoms with E-state index < -0.39 is 5.54 Å². The molecule has 124 valence electrons. The lowest BCUT2D eigenvalue weighted by Gasteiger charge is -2.35. The Labute approximate surface area is 145 Å². The molecule has 1 aromatic rings. The van der Waals surface area contributed by atoms with Crippen LogP contribution in [0.4, 0.5) is 0 Å². The molecule has 1 heterocycles. The number of rotatable bonds is 4. The van der Waals surface area contributed by atoms with Gasteiger partial charge in [-0.2, -0.15) is 0 Å². The quantitative estimate of drug-likeness (QED) is 0.853. The van der Waals surface area contributed by atoms with Crippen molar-refractivity contribution >= 4 is 34.2 Å². The Balaban J connectivity index is 0.00000242. The molecule has 1 fully saturated rings. The lowest BCUT2D eigenvalue weighted by Crippen LogP contribution is -2.57. The SMILES string of the molecule is COc1ccc(Br)cc1CN(C)C(=O)C1(N)CCOCC1.Cl. The molecular weight excluding hydrogens is 372 g/mol. The van der Waals surface area contributed by atoms with E-state index in [0.29, 0.717) is 32.6 Å². The van der Waals surface area contributed by atoms with Crippen LogP contribution in [0, 0.1) is 0 Å². The number of ether oxygens (including phenoxy) is 2. The summed E-state index contributed by atoms with van der Waals surface area (Å²) in [7, 11) is 3.39. The first-order chi connectivity index (χ1) is 9.96. The van der Waals surface area contributed by atoms with Crippen molar-refractivity contribution in [2.45, 2.75) is 24.9 Å². The minimum atomic E-state index is -0.813. The minimum Gasteiger partial charge on any atom is -0.496 e. The number of hydrogen-bond acceptors (Lipinski definition) is 4. The Bertz CT molecular complexity index is 522. The summed E-state index contributed by atoms with van der Waals surface area (Å²) >= 11 is 3.44. The fraction of sp³-hybridized carbons (Fsp3) is 0.533. The smallest absolute Gasteiger partial charge is 0.242 e. The summed E-state index contributed by atoms with van der Waals surface area (Å²) in [5.41, 5.74) is 6.38. The highest BCUT2D eigenvalue weighted by molar-refractivity contribution is 9.10. The molecular formula is C15H22BrClN2O3. The lowest BCUT2D eigenvalue weighted by molar-refractivity contribution is -0.139. The van der Waals surface area contributed by atoms with Crippen molar-refractivity contribution in [3.8, 4) is 5.75 Å². The number of carbonyl (C=O) groups excluding carboxylic acids is 1. The first-order valence-electron chi connectivity index (χ1n) is 6.91. The summed E-state index contributed by atoms with van der Waals surface area (Å²) < 4.78 is 11.6. The largest absolute Gasteiger partial charge is 0.496 e. The van der Waals surface area contributed by atoms with E-state index in [1.165, 1.54) is 0 Å². The summed E-state index contributed by atoms with van der Waals surface area (Å²) in [6, 6.07) is 5.74. The average Bonchev–Trinajstić information content (AvgIpc) is 2.47. The molecule has 0 aliphatic carbocycles. The molecule has 0 bridgehead atoms. The number of nitrogens with two attached hydrogens (primary N) is 1. The third kappa shape index (κ3) is 4.35. The zero-order valence-electron chi connectivity index (χ0n) is 12.8. The number of methoxy groups -OCH3 is 1. The first kappa shape index (κ1) is 19.2. The van der Waals surface area contributed by atoms with Gasteiger partial charge in [0, 0.05) is 36.8 Å². The third-order valence-corrected chi connectivity index (χ3v) is 4.30. The number of hydrogen-bond donors (Lipinski definition) is 1. The Morgan fingerprint density at radius 2 is 2.09 bits per heavy atom. The Morgan fingerprint density at radius 3 is 2.68 bits per heavy atom. The van der Waals surface area contributed by atoms with E-state index in [2.05, 4.69) is 15.9 Å². The van der Waals surface area contributed by atoms with Crippen LogP contribution in [-0.4, -0.2) is 43.7 Å². The van der Waals surface area contributed by atoms with Crippen LogP contribution in [0.25, 0.3) is 0 Å². The van der Waals surface area contributed by atoms with Crippen LogP contribution in [0.3, 0.4) is 0 Å². The summed E-state index contributed by atoms with van der Waals surface area (Å²) in [4.78, 5) is 14.3. The van der Waals surface area contributed by atoms with Crippen LogP contribution in [0.1, 0.15) is 18.4 Å². The predicted octanol–water partition coefficient (Wildman–Crippen LogP) is 2.35. The molecule has 2 rings (SSSR count). The molecule has 1 aliphatic rings. The van der Waals surface area contributed by atoms with Crippen molar-refractivity contribution in [1.29, 1.82) is 0 Å². The maximum atomic E-state index is 12.6. The van der Waals surface area contributed by atoms with Crippen LogP contribution in [-0.2, 0) is 16.1 Å². The van der Waals surface area contributed by atoms with Gasteiger partial charge in [0.05, 0.1) is 12.6 Å². The average molecular weight is 394 g/mol. The second-order valence-electron chi connectivity index (χ2n) is 5.39. The molecule has 1 aromatic carbocycles. The van der Waals surface area contributed by atoms with Crippen molar-refractivity contribution in [3.05, 3.63) is 28.2 Å². The summed E-state index contributed by atoms with van der Waals surface area (Å²) in [6.45, 7) is 1.54. The molecule has 0 radical (unpaired) electrons. The maximum absolute atomic E-state index is 12.6. The monoisotopic (exact) mass is 392 g/mol. The molecule has 1 saturated heterocycles. The van der Waals surface area contributed by atoms with Gasteiger partial charge in [-0.1, -0.05) is 15.9 Å². The molecule has 22 heavy (non-hydrogen) atoms. The van der Waals surface area contributed by atoms with Crippen molar-refractivity contribution in [3.63, 3.8) is 0 Å². The van der Waals surface area contributed by atoms with E-state index in [1.54, 1.807) is 19.1 Å². The number of benzene rings is 1. The number of likely N-dealkylation sites (N-methyl/N-ethyl adjacent to an activating group) is 1. The van der Waals surface area contributed by atoms with Crippen LogP contribution >= 0.6 is 28.3 Å². The lowest BCUT2D eigenvalue weighted by atomic mass is 9.89. The van der Waals surface area contributed by atoms with Crippen molar-refractivity contribution in [2.75, 3.05) is 27.4 Å².